The van der Waals surface area contributed by atoms with Gasteiger partial charge in [-0.2, -0.15) is 0 Å². The smallest absolute Gasteiger partial charge is 0.328 e. The van der Waals surface area contributed by atoms with E-state index in [0.29, 0.717) is 11.6 Å². The molecule has 1 N–H and O–H groups in total. The van der Waals surface area contributed by atoms with Crippen molar-refractivity contribution in [2.45, 2.75) is 13.0 Å². The molecule has 2 rings (SSSR count). The van der Waals surface area contributed by atoms with Gasteiger partial charge in [-0.1, -0.05) is 23.7 Å². The molecular formula is C15H16ClNO4. The van der Waals surface area contributed by atoms with Crippen LogP contribution in [-0.2, 0) is 14.3 Å². The van der Waals surface area contributed by atoms with Gasteiger partial charge in [-0.3, -0.25) is 4.79 Å². The van der Waals surface area contributed by atoms with E-state index < -0.39 is 12.0 Å². The van der Waals surface area contributed by atoms with Gasteiger partial charge in [0.15, 0.2) is 6.04 Å². The van der Waals surface area contributed by atoms with Gasteiger partial charge in [-0.25, -0.2) is 4.79 Å². The van der Waals surface area contributed by atoms with Crippen molar-refractivity contribution in [2.75, 3.05) is 19.8 Å². The highest BCUT2D eigenvalue weighted by Gasteiger charge is 2.31. The maximum absolute atomic E-state index is 12.1. The molecule has 1 amide bonds. The Kier molecular flexibility index (Phi) is 4.98. The molecule has 5 nitrogen and oxygen atoms in total. The van der Waals surface area contributed by atoms with E-state index in [-0.39, 0.29) is 19.1 Å². The number of halogens is 1. The first kappa shape index (κ1) is 15.5. The van der Waals surface area contributed by atoms with E-state index in [1.165, 1.54) is 11.0 Å². The van der Waals surface area contributed by atoms with Gasteiger partial charge in [0.25, 0.3) is 0 Å². The lowest BCUT2D eigenvalue weighted by atomic mass is 10.1. The van der Waals surface area contributed by atoms with Gasteiger partial charge < -0.3 is 14.7 Å². The van der Waals surface area contributed by atoms with Crippen LogP contribution in [0.25, 0.3) is 6.08 Å². The molecule has 1 aliphatic rings. The second kappa shape index (κ2) is 6.74. The minimum Gasteiger partial charge on any atom is -0.480 e. The number of amides is 1. The molecule has 6 heteroatoms. The summed E-state index contributed by atoms with van der Waals surface area (Å²) in [5.74, 6) is -1.41. The zero-order valence-electron chi connectivity index (χ0n) is 11.6. The van der Waals surface area contributed by atoms with Crippen molar-refractivity contribution >= 4 is 29.6 Å². The molecule has 1 unspecified atom stereocenters. The van der Waals surface area contributed by atoms with Gasteiger partial charge in [0.05, 0.1) is 13.2 Å². The van der Waals surface area contributed by atoms with Crippen LogP contribution in [-0.4, -0.2) is 47.7 Å². The molecule has 0 saturated carbocycles. The van der Waals surface area contributed by atoms with Crippen LogP contribution in [0.5, 0.6) is 0 Å². The summed E-state index contributed by atoms with van der Waals surface area (Å²) in [7, 11) is 0. The maximum Gasteiger partial charge on any atom is 0.328 e. The van der Waals surface area contributed by atoms with E-state index in [9.17, 15) is 9.59 Å². The summed E-state index contributed by atoms with van der Waals surface area (Å²) >= 11 is 6.02. The SMILES string of the molecule is Cc1ccc(C=CC(=O)N2CCOCC2C(=O)O)cc1Cl. The molecule has 0 aromatic heterocycles. The lowest BCUT2D eigenvalue weighted by Gasteiger charge is -2.31. The minimum atomic E-state index is -1.06. The Balaban J connectivity index is 2.10. The van der Waals surface area contributed by atoms with Gasteiger partial charge in [0.2, 0.25) is 5.91 Å². The molecule has 112 valence electrons. The van der Waals surface area contributed by atoms with Crippen LogP contribution in [0.3, 0.4) is 0 Å². The number of benzene rings is 1. The fraction of sp³-hybridized carbons (Fsp3) is 0.333. The molecule has 1 saturated heterocycles. The summed E-state index contributed by atoms with van der Waals surface area (Å²) in [5, 5.41) is 9.72. The number of hydrogen-bond acceptors (Lipinski definition) is 3. The van der Waals surface area contributed by atoms with Crippen molar-refractivity contribution < 1.29 is 19.4 Å². The second-order valence-corrected chi connectivity index (χ2v) is 5.21. The summed E-state index contributed by atoms with van der Waals surface area (Å²) in [6.07, 6.45) is 2.99. The summed E-state index contributed by atoms with van der Waals surface area (Å²) in [5.41, 5.74) is 1.75. The fourth-order valence-electron chi connectivity index (χ4n) is 2.05. The number of carbonyl (C=O) groups excluding carboxylic acids is 1. The molecule has 1 aromatic rings. The molecule has 0 spiro atoms. The second-order valence-electron chi connectivity index (χ2n) is 4.80. The normalized spacial score (nSPS) is 19.0. The molecule has 0 bridgehead atoms. The van der Waals surface area contributed by atoms with Crippen LogP contribution in [0, 0.1) is 6.92 Å². The summed E-state index contributed by atoms with van der Waals surface area (Å²) in [4.78, 5) is 24.5. The number of carboxylic acids is 1. The van der Waals surface area contributed by atoms with Crippen molar-refractivity contribution in [2.24, 2.45) is 0 Å². The van der Waals surface area contributed by atoms with Crippen molar-refractivity contribution in [3.8, 4) is 0 Å². The molecule has 0 radical (unpaired) electrons. The van der Waals surface area contributed by atoms with Crippen LogP contribution in [0.4, 0.5) is 0 Å². The minimum absolute atomic E-state index is 0.0191. The van der Waals surface area contributed by atoms with Crippen LogP contribution in [0.1, 0.15) is 11.1 Å². The number of hydrogen-bond donors (Lipinski definition) is 1. The number of ether oxygens (including phenoxy) is 1. The Hall–Kier alpha value is -1.85. The molecule has 1 atom stereocenters. The van der Waals surface area contributed by atoms with Crippen molar-refractivity contribution in [1.82, 2.24) is 4.90 Å². The molecule has 1 heterocycles. The third-order valence-electron chi connectivity index (χ3n) is 3.31. The Bertz CT molecular complexity index is 585. The number of aliphatic carboxylic acids is 1. The van der Waals surface area contributed by atoms with Crippen molar-refractivity contribution in [3.63, 3.8) is 0 Å². The first-order valence-corrected chi connectivity index (χ1v) is 6.92. The maximum atomic E-state index is 12.1. The van der Waals surface area contributed by atoms with Gasteiger partial charge in [-0.05, 0) is 30.2 Å². The number of carbonyl (C=O) groups is 2. The predicted molar refractivity (Wildman–Crippen MR) is 79.2 cm³/mol. The lowest BCUT2D eigenvalue weighted by molar-refractivity contribution is -0.156. The molecule has 0 aliphatic carbocycles. The third kappa shape index (κ3) is 3.83. The van der Waals surface area contributed by atoms with Crippen molar-refractivity contribution in [1.29, 1.82) is 0 Å². The number of morpholine rings is 1. The molecular weight excluding hydrogens is 294 g/mol. The fourth-order valence-corrected chi connectivity index (χ4v) is 2.24. The van der Waals surface area contributed by atoms with Crippen LogP contribution < -0.4 is 0 Å². The van der Waals surface area contributed by atoms with E-state index in [0.717, 1.165) is 11.1 Å². The van der Waals surface area contributed by atoms with E-state index in [1.54, 1.807) is 12.1 Å². The monoisotopic (exact) mass is 309 g/mol. The van der Waals surface area contributed by atoms with Gasteiger partial charge in [-0.15, -0.1) is 0 Å². The average molecular weight is 310 g/mol. The summed E-state index contributed by atoms with van der Waals surface area (Å²) in [6.45, 7) is 2.53. The van der Waals surface area contributed by atoms with Crippen LogP contribution >= 0.6 is 11.6 Å². The van der Waals surface area contributed by atoms with E-state index in [2.05, 4.69) is 0 Å². The largest absolute Gasteiger partial charge is 0.480 e. The zero-order chi connectivity index (χ0) is 15.4. The summed E-state index contributed by atoms with van der Waals surface area (Å²) in [6, 6.07) is 4.53. The third-order valence-corrected chi connectivity index (χ3v) is 3.72. The average Bonchev–Trinajstić information content (AvgIpc) is 2.48. The Morgan fingerprint density at radius 3 is 2.90 bits per heavy atom. The number of nitrogens with zero attached hydrogens (tertiary/aromatic N) is 1. The first-order valence-electron chi connectivity index (χ1n) is 6.54. The summed E-state index contributed by atoms with van der Waals surface area (Å²) < 4.78 is 5.10. The zero-order valence-corrected chi connectivity index (χ0v) is 12.3. The van der Waals surface area contributed by atoms with E-state index in [4.69, 9.17) is 21.4 Å². The molecule has 1 fully saturated rings. The molecule has 1 aliphatic heterocycles. The van der Waals surface area contributed by atoms with E-state index >= 15 is 0 Å². The Labute approximate surface area is 127 Å². The van der Waals surface area contributed by atoms with Crippen LogP contribution in [0.2, 0.25) is 5.02 Å². The number of aryl methyl sites for hydroxylation is 1. The van der Waals surface area contributed by atoms with Gasteiger partial charge in [0, 0.05) is 17.6 Å². The van der Waals surface area contributed by atoms with Crippen LogP contribution in [0.15, 0.2) is 24.3 Å². The standard InChI is InChI=1S/C15H16ClNO4/c1-10-2-3-11(8-12(10)16)4-5-14(18)17-6-7-21-9-13(17)15(19)20/h2-5,8,13H,6-7,9H2,1H3,(H,19,20). The Morgan fingerprint density at radius 2 is 2.24 bits per heavy atom. The number of carboxylic acid groups (broad SMARTS) is 1. The predicted octanol–water partition coefficient (Wildman–Crippen LogP) is 1.97. The highest BCUT2D eigenvalue weighted by molar-refractivity contribution is 6.31. The Morgan fingerprint density at radius 1 is 1.48 bits per heavy atom. The van der Waals surface area contributed by atoms with Gasteiger partial charge >= 0.3 is 5.97 Å². The lowest BCUT2D eigenvalue weighted by Crippen LogP contribution is -2.52. The first-order chi connectivity index (χ1) is 9.99. The topological polar surface area (TPSA) is 66.8 Å². The van der Waals surface area contributed by atoms with Crippen molar-refractivity contribution in [3.05, 3.63) is 40.4 Å². The quantitative estimate of drug-likeness (QED) is 0.867. The number of rotatable bonds is 3. The van der Waals surface area contributed by atoms with E-state index in [1.807, 2.05) is 19.1 Å². The molecule has 21 heavy (non-hydrogen) atoms. The van der Waals surface area contributed by atoms with Gasteiger partial charge in [0.1, 0.15) is 0 Å². The highest BCUT2D eigenvalue weighted by Crippen LogP contribution is 2.18. The molecule has 1 aromatic carbocycles. The highest BCUT2D eigenvalue weighted by atomic mass is 35.5.